The fourth-order valence-corrected chi connectivity index (χ4v) is 4.71. The first-order chi connectivity index (χ1) is 18.0. The van der Waals surface area contributed by atoms with Crippen LogP contribution >= 0.6 is 0 Å². The Morgan fingerprint density at radius 2 is 1.68 bits per heavy atom. The van der Waals surface area contributed by atoms with E-state index in [-0.39, 0.29) is 31.0 Å². The molecule has 1 aromatic rings. The summed E-state index contributed by atoms with van der Waals surface area (Å²) in [7, 11) is 4.51. The van der Waals surface area contributed by atoms with Gasteiger partial charge in [0.1, 0.15) is 6.54 Å². The summed E-state index contributed by atoms with van der Waals surface area (Å²) >= 11 is 0. The van der Waals surface area contributed by atoms with E-state index in [1.54, 1.807) is 0 Å². The number of aliphatic hydroxyl groups is 1. The molecule has 1 atom stereocenters. The monoisotopic (exact) mass is 552 g/mol. The number of carbonyl (C=O) groups excluding carboxylic acids is 1. The standard InChI is InChI=1S/C32H56N2O3.ClH/c1-4-5-6-16-22-31(37-28-27-35)23-17-11-9-7-8-10-12-18-24-32(36)33-25-19-26-34(2,3)29-30-20-14-13-15-21-30;/h11,13-15,17,20-21,31,35H,4-10,12,16,18-19,22-29H2,1-3H3;1H/b17-11-;. The Labute approximate surface area is 240 Å². The molecule has 0 bridgehead atoms. The zero-order valence-electron chi connectivity index (χ0n) is 24.6. The maximum absolute atomic E-state index is 12.1. The van der Waals surface area contributed by atoms with Crippen LogP contribution < -0.4 is 17.7 Å². The first-order valence-electron chi connectivity index (χ1n) is 15.0. The van der Waals surface area contributed by atoms with Crippen molar-refractivity contribution in [2.75, 3.05) is 40.4 Å². The molecule has 0 saturated heterocycles. The van der Waals surface area contributed by atoms with Crippen LogP contribution in [0.25, 0.3) is 0 Å². The van der Waals surface area contributed by atoms with Gasteiger partial charge in [0.05, 0.1) is 40.0 Å². The normalized spacial score (nSPS) is 12.4. The number of halogens is 1. The van der Waals surface area contributed by atoms with Crippen molar-refractivity contribution in [2.24, 2.45) is 0 Å². The molecule has 0 saturated carbocycles. The summed E-state index contributed by atoms with van der Waals surface area (Å²) in [5.74, 6) is 0.198. The number of benzene rings is 1. The lowest BCUT2D eigenvalue weighted by Gasteiger charge is -2.30. The zero-order chi connectivity index (χ0) is 27.0. The van der Waals surface area contributed by atoms with E-state index in [1.807, 2.05) is 0 Å². The largest absolute Gasteiger partial charge is 1.00 e. The number of ether oxygens (including phenoxy) is 1. The Balaban J connectivity index is 0.0000137. The van der Waals surface area contributed by atoms with Gasteiger partial charge in [0.25, 0.3) is 0 Å². The van der Waals surface area contributed by atoms with E-state index in [4.69, 9.17) is 9.84 Å². The van der Waals surface area contributed by atoms with Crippen molar-refractivity contribution >= 4 is 5.91 Å². The second-order valence-corrected chi connectivity index (χ2v) is 11.1. The van der Waals surface area contributed by atoms with E-state index in [0.717, 1.165) is 62.6 Å². The second kappa shape index (κ2) is 24.6. The van der Waals surface area contributed by atoms with Crippen LogP contribution in [0.4, 0.5) is 0 Å². The van der Waals surface area contributed by atoms with E-state index in [1.165, 1.54) is 50.5 Å². The number of hydrogen-bond acceptors (Lipinski definition) is 3. The van der Waals surface area contributed by atoms with Gasteiger partial charge in [-0.3, -0.25) is 4.79 Å². The van der Waals surface area contributed by atoms with Crippen LogP contribution in [0, 0.1) is 0 Å². The fraction of sp³-hybridized carbons (Fsp3) is 0.719. The van der Waals surface area contributed by atoms with Gasteiger partial charge in [0, 0.05) is 24.9 Å². The minimum atomic E-state index is 0. The highest BCUT2D eigenvalue weighted by atomic mass is 35.5. The number of amides is 1. The van der Waals surface area contributed by atoms with E-state index in [9.17, 15) is 4.79 Å². The molecule has 0 aromatic heterocycles. The van der Waals surface area contributed by atoms with Crippen molar-refractivity contribution in [2.45, 2.75) is 109 Å². The molecule has 1 aromatic carbocycles. The van der Waals surface area contributed by atoms with Gasteiger partial charge in [0.15, 0.2) is 0 Å². The van der Waals surface area contributed by atoms with Crippen LogP contribution in [0.1, 0.15) is 102 Å². The highest BCUT2D eigenvalue weighted by molar-refractivity contribution is 5.75. The number of allylic oxidation sites excluding steroid dienone is 1. The minimum absolute atomic E-state index is 0. The molecule has 0 aliphatic carbocycles. The number of carbonyl (C=O) groups is 1. The molecule has 220 valence electrons. The molecule has 1 amide bonds. The second-order valence-electron chi connectivity index (χ2n) is 11.1. The molecule has 0 fully saturated rings. The van der Waals surface area contributed by atoms with Crippen molar-refractivity contribution in [3.05, 3.63) is 48.0 Å². The fourth-order valence-electron chi connectivity index (χ4n) is 4.71. The number of nitrogens with zero attached hydrogens (tertiary/aromatic N) is 1. The van der Waals surface area contributed by atoms with Crippen molar-refractivity contribution in [3.63, 3.8) is 0 Å². The molecule has 38 heavy (non-hydrogen) atoms. The quantitative estimate of drug-likeness (QED) is 0.116. The third-order valence-electron chi connectivity index (χ3n) is 6.88. The Morgan fingerprint density at radius 1 is 0.974 bits per heavy atom. The Hall–Kier alpha value is -1.40. The highest BCUT2D eigenvalue weighted by Gasteiger charge is 2.15. The Morgan fingerprint density at radius 3 is 2.42 bits per heavy atom. The van der Waals surface area contributed by atoms with Crippen LogP contribution in [0.5, 0.6) is 0 Å². The van der Waals surface area contributed by atoms with Gasteiger partial charge in [-0.05, 0) is 32.1 Å². The van der Waals surface area contributed by atoms with Crippen LogP contribution in [-0.4, -0.2) is 62.0 Å². The summed E-state index contributed by atoms with van der Waals surface area (Å²) < 4.78 is 6.73. The minimum Gasteiger partial charge on any atom is -1.00 e. The van der Waals surface area contributed by atoms with Crippen LogP contribution in [0.15, 0.2) is 42.5 Å². The molecule has 5 nitrogen and oxygen atoms in total. The number of quaternary nitrogens is 1. The van der Waals surface area contributed by atoms with Crippen LogP contribution in [-0.2, 0) is 16.1 Å². The van der Waals surface area contributed by atoms with Gasteiger partial charge in [-0.15, -0.1) is 0 Å². The topological polar surface area (TPSA) is 58.6 Å². The van der Waals surface area contributed by atoms with E-state index in [0.29, 0.717) is 13.0 Å². The lowest BCUT2D eigenvalue weighted by atomic mass is 10.1. The molecule has 0 heterocycles. The van der Waals surface area contributed by atoms with Crippen LogP contribution in [0.2, 0.25) is 0 Å². The van der Waals surface area contributed by atoms with Gasteiger partial charge in [-0.25, -0.2) is 0 Å². The zero-order valence-corrected chi connectivity index (χ0v) is 25.4. The summed E-state index contributed by atoms with van der Waals surface area (Å²) in [6, 6.07) is 10.6. The molecule has 0 spiro atoms. The third-order valence-corrected chi connectivity index (χ3v) is 6.88. The first-order valence-corrected chi connectivity index (χ1v) is 15.0. The molecule has 1 rings (SSSR count). The summed E-state index contributed by atoms with van der Waals surface area (Å²) in [6.45, 7) is 5.62. The molecule has 0 radical (unpaired) electrons. The van der Waals surface area contributed by atoms with Crippen molar-refractivity contribution in [1.29, 1.82) is 0 Å². The third kappa shape index (κ3) is 21.5. The average molecular weight is 553 g/mol. The highest BCUT2D eigenvalue weighted by Crippen LogP contribution is 2.13. The van der Waals surface area contributed by atoms with Crippen molar-refractivity contribution in [1.82, 2.24) is 5.32 Å². The van der Waals surface area contributed by atoms with Crippen molar-refractivity contribution < 1.29 is 31.5 Å². The van der Waals surface area contributed by atoms with E-state index >= 15 is 0 Å². The van der Waals surface area contributed by atoms with Gasteiger partial charge in [0.2, 0.25) is 5.91 Å². The first kappa shape index (κ1) is 36.6. The maximum Gasteiger partial charge on any atom is 0.219 e. The summed E-state index contributed by atoms with van der Waals surface area (Å²) in [5.41, 5.74) is 1.36. The smallest absolute Gasteiger partial charge is 0.219 e. The molecular weight excluding hydrogens is 496 g/mol. The lowest BCUT2D eigenvalue weighted by Crippen LogP contribution is -3.00. The maximum atomic E-state index is 12.1. The summed E-state index contributed by atoms with van der Waals surface area (Å²) in [5, 5.41) is 12.1. The molecule has 0 aliphatic heterocycles. The van der Waals surface area contributed by atoms with Gasteiger partial charge in [-0.1, -0.05) is 94.4 Å². The van der Waals surface area contributed by atoms with Gasteiger partial charge in [-0.2, -0.15) is 0 Å². The number of rotatable bonds is 24. The molecule has 1 unspecified atom stereocenters. The molecule has 6 heteroatoms. The van der Waals surface area contributed by atoms with Gasteiger partial charge >= 0.3 is 0 Å². The Bertz CT molecular complexity index is 697. The number of aliphatic hydroxyl groups excluding tert-OH is 1. The van der Waals surface area contributed by atoms with E-state index < -0.39 is 0 Å². The van der Waals surface area contributed by atoms with Gasteiger partial charge < -0.3 is 32.1 Å². The molecule has 2 N–H and O–H groups in total. The van der Waals surface area contributed by atoms with Crippen LogP contribution in [0.3, 0.4) is 0 Å². The Kier molecular flexibility index (Phi) is 23.7. The summed E-state index contributed by atoms with van der Waals surface area (Å²) in [6.07, 6.45) is 20.4. The SMILES string of the molecule is CCCCCCC(C/C=C\CCCCCCCC(=O)NCCC[N+](C)(C)Cc1ccccc1)OCCO.[Cl-]. The molecular formula is C32H57ClN2O3. The number of unbranched alkanes of at least 4 members (excludes halogenated alkanes) is 8. The van der Waals surface area contributed by atoms with E-state index in [2.05, 4.69) is 68.8 Å². The summed E-state index contributed by atoms with van der Waals surface area (Å²) in [4.78, 5) is 12.1. The van der Waals surface area contributed by atoms with Crippen molar-refractivity contribution in [3.8, 4) is 0 Å². The lowest BCUT2D eigenvalue weighted by molar-refractivity contribution is -0.903. The average Bonchev–Trinajstić information content (AvgIpc) is 2.88. The predicted molar refractivity (Wildman–Crippen MR) is 156 cm³/mol. The predicted octanol–water partition coefficient (Wildman–Crippen LogP) is 3.80. The number of hydrogen-bond donors (Lipinski definition) is 2. The number of nitrogens with one attached hydrogen (secondary N) is 1. The molecule has 0 aliphatic rings.